The van der Waals surface area contributed by atoms with E-state index in [9.17, 15) is 4.79 Å². The van der Waals surface area contributed by atoms with Crippen molar-refractivity contribution in [3.63, 3.8) is 0 Å². The fourth-order valence-electron chi connectivity index (χ4n) is 2.40. The molecule has 2 aromatic carbocycles. The van der Waals surface area contributed by atoms with Gasteiger partial charge in [-0.1, -0.05) is 18.2 Å². The maximum atomic E-state index is 12.3. The van der Waals surface area contributed by atoms with E-state index in [4.69, 9.17) is 0 Å². The molecule has 0 fully saturated rings. The minimum Gasteiger partial charge on any atom is -0.378 e. The Kier molecular flexibility index (Phi) is 5.12. The fourth-order valence-corrected chi connectivity index (χ4v) is 2.40. The Morgan fingerprint density at radius 3 is 2.31 bits per heavy atom. The number of amides is 1. The van der Waals surface area contributed by atoms with Crippen LogP contribution in [0.3, 0.4) is 0 Å². The van der Waals surface area contributed by atoms with Crippen LogP contribution in [0.15, 0.2) is 60.9 Å². The van der Waals surface area contributed by atoms with Crippen molar-refractivity contribution in [3.8, 4) is 0 Å². The first-order valence-electron chi connectivity index (χ1n) is 8.26. The molecule has 0 saturated heterocycles. The lowest BCUT2D eigenvalue weighted by Gasteiger charge is -2.13. The number of para-hydroxylation sites is 1. The zero-order chi connectivity index (χ0) is 18.5. The normalized spacial score (nSPS) is 10.3. The van der Waals surface area contributed by atoms with E-state index in [2.05, 4.69) is 20.6 Å². The van der Waals surface area contributed by atoms with Crippen molar-refractivity contribution in [1.82, 2.24) is 9.97 Å². The Balaban J connectivity index is 1.66. The molecule has 26 heavy (non-hydrogen) atoms. The van der Waals surface area contributed by atoms with Crippen LogP contribution < -0.4 is 15.5 Å². The number of nitrogens with zero attached hydrogens (tertiary/aromatic N) is 3. The number of carbonyl (C=O) groups is 1. The van der Waals surface area contributed by atoms with Crippen LogP contribution in [-0.4, -0.2) is 30.0 Å². The summed E-state index contributed by atoms with van der Waals surface area (Å²) in [5.41, 5.74) is 4.10. The molecule has 0 bridgehead atoms. The Bertz CT molecular complexity index is 889. The average Bonchev–Trinajstić information content (AvgIpc) is 2.64. The number of aryl methyl sites for hydroxylation is 1. The summed E-state index contributed by atoms with van der Waals surface area (Å²) >= 11 is 0. The molecule has 0 radical (unpaired) electrons. The monoisotopic (exact) mass is 347 g/mol. The van der Waals surface area contributed by atoms with Crippen LogP contribution in [0, 0.1) is 6.92 Å². The van der Waals surface area contributed by atoms with Crippen LogP contribution in [0.2, 0.25) is 0 Å². The number of hydrogen-bond acceptors (Lipinski definition) is 5. The van der Waals surface area contributed by atoms with E-state index in [0.29, 0.717) is 11.5 Å². The molecule has 0 aliphatic carbocycles. The summed E-state index contributed by atoms with van der Waals surface area (Å²) < 4.78 is 0. The topological polar surface area (TPSA) is 70.2 Å². The molecular formula is C20H21N5O. The highest BCUT2D eigenvalue weighted by Crippen LogP contribution is 2.18. The van der Waals surface area contributed by atoms with Crippen molar-refractivity contribution >= 4 is 28.8 Å². The molecule has 0 unspecified atom stereocenters. The van der Waals surface area contributed by atoms with E-state index in [1.165, 1.54) is 6.20 Å². The van der Waals surface area contributed by atoms with Gasteiger partial charge < -0.3 is 15.5 Å². The van der Waals surface area contributed by atoms with Crippen LogP contribution >= 0.6 is 0 Å². The molecule has 3 aromatic rings. The first-order chi connectivity index (χ1) is 12.5. The number of carbonyl (C=O) groups excluding carboxylic acids is 1. The van der Waals surface area contributed by atoms with Crippen LogP contribution in [-0.2, 0) is 0 Å². The molecule has 1 heterocycles. The number of hydrogen-bond donors (Lipinski definition) is 2. The zero-order valence-electron chi connectivity index (χ0n) is 15.0. The summed E-state index contributed by atoms with van der Waals surface area (Å²) in [7, 11) is 3.94. The lowest BCUT2D eigenvalue weighted by atomic mass is 10.2. The Morgan fingerprint density at radius 1 is 0.962 bits per heavy atom. The van der Waals surface area contributed by atoms with Crippen molar-refractivity contribution < 1.29 is 4.79 Å². The van der Waals surface area contributed by atoms with Crippen LogP contribution in [0.4, 0.5) is 22.9 Å². The van der Waals surface area contributed by atoms with Gasteiger partial charge in [-0.2, -0.15) is 0 Å². The van der Waals surface area contributed by atoms with Gasteiger partial charge in [0.05, 0.1) is 12.4 Å². The first-order valence-corrected chi connectivity index (χ1v) is 8.26. The first kappa shape index (κ1) is 17.4. The molecule has 0 aliphatic heterocycles. The van der Waals surface area contributed by atoms with Gasteiger partial charge in [0.2, 0.25) is 0 Å². The van der Waals surface area contributed by atoms with Gasteiger partial charge in [0.1, 0.15) is 11.5 Å². The van der Waals surface area contributed by atoms with E-state index < -0.39 is 0 Å². The summed E-state index contributed by atoms with van der Waals surface area (Å²) in [6, 6.07) is 15.5. The predicted octanol–water partition coefficient (Wildman–Crippen LogP) is 3.85. The maximum Gasteiger partial charge on any atom is 0.275 e. The highest BCUT2D eigenvalue weighted by Gasteiger charge is 2.09. The molecule has 6 nitrogen and oxygen atoms in total. The van der Waals surface area contributed by atoms with E-state index in [1.54, 1.807) is 6.20 Å². The van der Waals surface area contributed by atoms with Gasteiger partial charge in [0.25, 0.3) is 5.91 Å². The van der Waals surface area contributed by atoms with Gasteiger partial charge in [-0.25, -0.2) is 9.97 Å². The van der Waals surface area contributed by atoms with Crippen molar-refractivity contribution in [3.05, 3.63) is 72.2 Å². The highest BCUT2D eigenvalue weighted by atomic mass is 16.1. The molecular weight excluding hydrogens is 326 g/mol. The van der Waals surface area contributed by atoms with Gasteiger partial charge in [-0.15, -0.1) is 0 Å². The van der Waals surface area contributed by atoms with E-state index in [-0.39, 0.29) is 11.6 Å². The number of nitrogens with one attached hydrogen (secondary N) is 2. The standard InChI is InChI=1S/C20H21N5O/c1-14-6-4-5-7-17(14)24-19-13-21-18(12-22-19)20(26)23-15-8-10-16(11-9-15)25(2)3/h4-13H,1-3H3,(H,22,24)(H,23,26). The molecule has 0 aliphatic rings. The van der Waals surface area contributed by atoms with Gasteiger partial charge in [-0.05, 0) is 42.8 Å². The third-order valence-corrected chi connectivity index (χ3v) is 3.93. The van der Waals surface area contributed by atoms with Crippen molar-refractivity contribution in [1.29, 1.82) is 0 Å². The summed E-state index contributed by atoms with van der Waals surface area (Å²) in [4.78, 5) is 22.8. The van der Waals surface area contributed by atoms with E-state index >= 15 is 0 Å². The maximum absolute atomic E-state index is 12.3. The molecule has 0 atom stereocenters. The lowest BCUT2D eigenvalue weighted by Crippen LogP contribution is -2.14. The minimum absolute atomic E-state index is 0.261. The van der Waals surface area contributed by atoms with Crippen molar-refractivity contribution in [2.45, 2.75) is 6.92 Å². The Labute approximate surface area is 152 Å². The van der Waals surface area contributed by atoms with Crippen LogP contribution in [0.5, 0.6) is 0 Å². The summed E-state index contributed by atoms with van der Waals surface area (Å²) in [5.74, 6) is 0.295. The molecule has 132 valence electrons. The van der Waals surface area contributed by atoms with Crippen LogP contribution in [0.25, 0.3) is 0 Å². The quantitative estimate of drug-likeness (QED) is 0.734. The number of benzene rings is 2. The second-order valence-corrected chi connectivity index (χ2v) is 6.12. The minimum atomic E-state index is -0.294. The molecule has 0 saturated carbocycles. The average molecular weight is 347 g/mol. The van der Waals surface area contributed by atoms with Gasteiger partial charge >= 0.3 is 0 Å². The van der Waals surface area contributed by atoms with Crippen LogP contribution in [0.1, 0.15) is 16.1 Å². The predicted molar refractivity (Wildman–Crippen MR) is 105 cm³/mol. The van der Waals surface area contributed by atoms with Gasteiger partial charge in [0.15, 0.2) is 0 Å². The smallest absolute Gasteiger partial charge is 0.275 e. The Morgan fingerprint density at radius 2 is 1.69 bits per heavy atom. The second-order valence-electron chi connectivity index (χ2n) is 6.12. The largest absolute Gasteiger partial charge is 0.378 e. The molecule has 1 aromatic heterocycles. The molecule has 1 amide bonds. The van der Waals surface area contributed by atoms with E-state index in [1.807, 2.05) is 74.4 Å². The Hall–Kier alpha value is -3.41. The lowest BCUT2D eigenvalue weighted by molar-refractivity contribution is 0.102. The molecule has 6 heteroatoms. The van der Waals surface area contributed by atoms with Crippen molar-refractivity contribution in [2.75, 3.05) is 29.6 Å². The number of anilines is 4. The van der Waals surface area contributed by atoms with Gasteiger partial charge in [-0.3, -0.25) is 4.79 Å². The zero-order valence-corrected chi connectivity index (χ0v) is 15.0. The van der Waals surface area contributed by atoms with Gasteiger partial charge in [0, 0.05) is 31.2 Å². The van der Waals surface area contributed by atoms with Crippen molar-refractivity contribution in [2.24, 2.45) is 0 Å². The SMILES string of the molecule is Cc1ccccc1Nc1cnc(C(=O)Nc2ccc(N(C)C)cc2)cn1. The molecule has 3 rings (SSSR count). The van der Waals surface area contributed by atoms with E-state index in [0.717, 1.165) is 16.9 Å². The third kappa shape index (κ3) is 4.16. The number of aromatic nitrogens is 2. The fraction of sp³-hybridized carbons (Fsp3) is 0.150. The second kappa shape index (κ2) is 7.65. The summed E-state index contributed by atoms with van der Waals surface area (Å²) in [6.07, 6.45) is 3.01. The third-order valence-electron chi connectivity index (χ3n) is 3.93. The molecule has 2 N–H and O–H groups in total. The number of rotatable bonds is 5. The highest BCUT2D eigenvalue weighted by molar-refractivity contribution is 6.02. The summed E-state index contributed by atoms with van der Waals surface area (Å²) in [5, 5.41) is 6.02. The summed E-state index contributed by atoms with van der Waals surface area (Å²) in [6.45, 7) is 2.01. The molecule has 0 spiro atoms.